The lowest BCUT2D eigenvalue weighted by Gasteiger charge is -2.12. The number of halogens is 1. The van der Waals surface area contributed by atoms with Crippen LogP contribution in [-0.2, 0) is 11.3 Å². The highest BCUT2D eigenvalue weighted by Gasteiger charge is 2.15. The van der Waals surface area contributed by atoms with Crippen molar-refractivity contribution >= 4 is 50.5 Å². The summed E-state index contributed by atoms with van der Waals surface area (Å²) in [4.78, 5) is 21.1. The first kappa shape index (κ1) is 21.0. The molecule has 2 heterocycles. The van der Waals surface area contributed by atoms with Crippen LogP contribution in [0.15, 0.2) is 11.4 Å². The SMILES string of the molecule is CC(C)Nc1nc(SC(C)C)nc2c1cnn2CCNC(=O)CCCBr. The van der Waals surface area contributed by atoms with Gasteiger partial charge in [0.1, 0.15) is 5.82 Å². The molecule has 144 valence electrons. The molecule has 7 nitrogen and oxygen atoms in total. The minimum absolute atomic E-state index is 0.0637. The molecule has 0 fully saturated rings. The number of aromatic nitrogens is 4. The number of nitrogens with zero attached hydrogens (tertiary/aromatic N) is 4. The van der Waals surface area contributed by atoms with E-state index in [4.69, 9.17) is 0 Å². The summed E-state index contributed by atoms with van der Waals surface area (Å²) in [7, 11) is 0. The van der Waals surface area contributed by atoms with Crippen LogP contribution in [0, 0.1) is 0 Å². The van der Waals surface area contributed by atoms with Gasteiger partial charge < -0.3 is 10.6 Å². The largest absolute Gasteiger partial charge is 0.367 e. The summed E-state index contributed by atoms with van der Waals surface area (Å²) in [6.45, 7) is 9.50. The highest BCUT2D eigenvalue weighted by atomic mass is 79.9. The van der Waals surface area contributed by atoms with Crippen molar-refractivity contribution in [3.63, 3.8) is 0 Å². The van der Waals surface area contributed by atoms with Gasteiger partial charge in [-0.3, -0.25) is 4.79 Å². The van der Waals surface area contributed by atoms with Gasteiger partial charge in [-0.1, -0.05) is 41.5 Å². The van der Waals surface area contributed by atoms with E-state index in [9.17, 15) is 4.79 Å². The van der Waals surface area contributed by atoms with Gasteiger partial charge in [-0.25, -0.2) is 14.6 Å². The summed E-state index contributed by atoms with van der Waals surface area (Å²) in [5.74, 6) is 0.870. The number of alkyl halides is 1. The third kappa shape index (κ3) is 6.12. The van der Waals surface area contributed by atoms with Crippen LogP contribution in [0.3, 0.4) is 0 Å². The Morgan fingerprint density at radius 1 is 1.31 bits per heavy atom. The van der Waals surface area contributed by atoms with E-state index in [2.05, 4.69) is 69.3 Å². The van der Waals surface area contributed by atoms with Crippen LogP contribution in [0.4, 0.5) is 5.82 Å². The maximum atomic E-state index is 11.7. The molecule has 2 aromatic heterocycles. The number of amides is 1. The molecule has 0 atom stereocenters. The molecular weight excluding hydrogens is 416 g/mol. The lowest BCUT2D eigenvalue weighted by Crippen LogP contribution is -2.27. The standard InChI is InChI=1S/C17H27BrN6OS/c1-11(2)21-15-13-10-20-24(9-8-19-14(25)6-5-7-18)16(13)23-17(22-15)26-12(3)4/h10-12H,5-9H2,1-4H3,(H,19,25)(H,21,22,23). The average molecular weight is 443 g/mol. The molecule has 0 spiro atoms. The minimum atomic E-state index is 0.0637. The fourth-order valence-electron chi connectivity index (χ4n) is 2.36. The Kier molecular flexibility index (Phi) is 8.15. The summed E-state index contributed by atoms with van der Waals surface area (Å²) in [6.07, 6.45) is 3.16. The molecule has 0 saturated carbocycles. The van der Waals surface area contributed by atoms with Crippen molar-refractivity contribution in [2.45, 2.75) is 63.5 Å². The van der Waals surface area contributed by atoms with Gasteiger partial charge in [-0.15, -0.1) is 0 Å². The van der Waals surface area contributed by atoms with E-state index < -0.39 is 0 Å². The highest BCUT2D eigenvalue weighted by Crippen LogP contribution is 2.26. The topological polar surface area (TPSA) is 84.7 Å². The predicted octanol–water partition coefficient (Wildman–Crippen LogP) is 3.44. The zero-order chi connectivity index (χ0) is 19.1. The molecule has 0 radical (unpaired) electrons. The van der Waals surface area contributed by atoms with Crippen LogP contribution >= 0.6 is 27.7 Å². The molecule has 2 aromatic rings. The molecule has 9 heteroatoms. The smallest absolute Gasteiger partial charge is 0.220 e. The number of carbonyl (C=O) groups excluding carboxylic acids is 1. The van der Waals surface area contributed by atoms with Gasteiger partial charge in [0.2, 0.25) is 5.91 Å². The van der Waals surface area contributed by atoms with E-state index >= 15 is 0 Å². The van der Waals surface area contributed by atoms with Crippen molar-refractivity contribution in [3.05, 3.63) is 6.20 Å². The van der Waals surface area contributed by atoms with E-state index in [0.717, 1.165) is 33.8 Å². The summed E-state index contributed by atoms with van der Waals surface area (Å²) >= 11 is 4.96. The van der Waals surface area contributed by atoms with Gasteiger partial charge in [0, 0.05) is 29.6 Å². The number of rotatable bonds is 10. The molecule has 0 aliphatic rings. The molecule has 26 heavy (non-hydrogen) atoms. The Morgan fingerprint density at radius 2 is 2.08 bits per heavy atom. The number of nitrogens with one attached hydrogen (secondary N) is 2. The first-order valence-corrected chi connectivity index (χ1v) is 10.9. The van der Waals surface area contributed by atoms with E-state index in [1.54, 1.807) is 18.0 Å². The molecule has 0 saturated heterocycles. The van der Waals surface area contributed by atoms with E-state index in [1.165, 1.54) is 0 Å². The van der Waals surface area contributed by atoms with Crippen LogP contribution in [-0.4, -0.2) is 48.8 Å². The van der Waals surface area contributed by atoms with Gasteiger partial charge in [-0.05, 0) is 20.3 Å². The summed E-state index contributed by atoms with van der Waals surface area (Å²) < 4.78 is 1.83. The lowest BCUT2D eigenvalue weighted by atomic mass is 10.3. The van der Waals surface area contributed by atoms with Crippen molar-refractivity contribution in [2.75, 3.05) is 17.2 Å². The van der Waals surface area contributed by atoms with Crippen molar-refractivity contribution in [1.29, 1.82) is 0 Å². The highest BCUT2D eigenvalue weighted by molar-refractivity contribution is 9.09. The van der Waals surface area contributed by atoms with Crippen LogP contribution < -0.4 is 10.6 Å². The number of hydrogen-bond acceptors (Lipinski definition) is 6. The van der Waals surface area contributed by atoms with E-state index in [-0.39, 0.29) is 11.9 Å². The van der Waals surface area contributed by atoms with Crippen LogP contribution in [0.25, 0.3) is 11.0 Å². The van der Waals surface area contributed by atoms with Gasteiger partial charge in [-0.2, -0.15) is 5.10 Å². The number of fused-ring (bicyclic) bond motifs is 1. The summed E-state index contributed by atoms with van der Waals surface area (Å²) in [5.41, 5.74) is 0.793. The third-order valence-electron chi connectivity index (χ3n) is 3.43. The zero-order valence-corrected chi connectivity index (χ0v) is 18.2. The Bertz CT molecular complexity index is 733. The average Bonchev–Trinajstić information content (AvgIpc) is 2.95. The number of anilines is 1. The monoisotopic (exact) mass is 442 g/mol. The molecule has 1 amide bonds. The summed E-state index contributed by atoms with van der Waals surface area (Å²) in [6, 6.07) is 0.266. The number of thioether (sulfide) groups is 1. The second-order valence-corrected chi connectivity index (χ2v) is 8.90. The van der Waals surface area contributed by atoms with Crippen molar-refractivity contribution in [2.24, 2.45) is 0 Å². The quantitative estimate of drug-likeness (QED) is 0.333. The number of hydrogen-bond donors (Lipinski definition) is 2. The van der Waals surface area contributed by atoms with Crippen molar-refractivity contribution in [3.8, 4) is 0 Å². The fourth-order valence-corrected chi connectivity index (χ4v) is 3.35. The van der Waals surface area contributed by atoms with Crippen LogP contribution in [0.5, 0.6) is 0 Å². The Hall–Kier alpha value is -1.35. The normalized spacial score (nSPS) is 11.5. The molecule has 0 aliphatic heterocycles. The van der Waals surface area contributed by atoms with E-state index in [1.807, 2.05) is 4.68 Å². The Balaban J connectivity index is 2.18. The first-order chi connectivity index (χ1) is 12.4. The molecule has 2 N–H and O–H groups in total. The second-order valence-electron chi connectivity index (χ2n) is 6.57. The predicted molar refractivity (Wildman–Crippen MR) is 111 cm³/mol. The fraction of sp³-hybridized carbons (Fsp3) is 0.647. The van der Waals surface area contributed by atoms with Gasteiger partial charge in [0.15, 0.2) is 10.8 Å². The minimum Gasteiger partial charge on any atom is -0.367 e. The van der Waals surface area contributed by atoms with Gasteiger partial charge >= 0.3 is 0 Å². The molecule has 0 bridgehead atoms. The van der Waals surface area contributed by atoms with Crippen LogP contribution in [0.2, 0.25) is 0 Å². The van der Waals surface area contributed by atoms with Crippen molar-refractivity contribution < 1.29 is 4.79 Å². The maximum absolute atomic E-state index is 11.7. The van der Waals surface area contributed by atoms with Crippen LogP contribution in [0.1, 0.15) is 40.5 Å². The Morgan fingerprint density at radius 3 is 2.73 bits per heavy atom. The van der Waals surface area contributed by atoms with Crippen molar-refractivity contribution in [1.82, 2.24) is 25.1 Å². The molecular formula is C17H27BrN6OS. The maximum Gasteiger partial charge on any atom is 0.220 e. The molecule has 0 aliphatic carbocycles. The summed E-state index contributed by atoms with van der Waals surface area (Å²) in [5, 5.41) is 13.6. The van der Waals surface area contributed by atoms with Gasteiger partial charge in [0.25, 0.3) is 0 Å². The first-order valence-electron chi connectivity index (χ1n) is 8.90. The third-order valence-corrected chi connectivity index (χ3v) is 4.85. The van der Waals surface area contributed by atoms with Gasteiger partial charge in [0.05, 0.1) is 18.1 Å². The Labute approximate surface area is 167 Å². The second kappa shape index (κ2) is 10.1. The lowest BCUT2D eigenvalue weighted by molar-refractivity contribution is -0.121. The molecule has 0 unspecified atom stereocenters. The number of carbonyl (C=O) groups is 1. The zero-order valence-electron chi connectivity index (χ0n) is 15.8. The molecule has 2 rings (SSSR count). The molecule has 0 aromatic carbocycles. The van der Waals surface area contributed by atoms with E-state index in [0.29, 0.717) is 24.8 Å².